The number of nitrogens with one attached hydrogen (secondary N) is 1. The van der Waals surface area contributed by atoms with E-state index < -0.39 is 18.1 Å². The van der Waals surface area contributed by atoms with Gasteiger partial charge in [-0.15, -0.1) is 11.3 Å². The lowest BCUT2D eigenvalue weighted by Gasteiger charge is -2.28. The van der Waals surface area contributed by atoms with Gasteiger partial charge in [0.15, 0.2) is 0 Å². The monoisotopic (exact) mass is 647 g/mol. The maximum Gasteiger partial charge on any atom is 0.490 e. The molecule has 3 aromatic rings. The van der Waals surface area contributed by atoms with Crippen molar-refractivity contribution < 1.29 is 33.0 Å². The second kappa shape index (κ2) is 14.7. The zero-order valence-electron chi connectivity index (χ0n) is 26.8. The SMILES string of the molecule is CC(C)(C)c1cc(C(CC(=O)O)Cc2csc(CCCc3ccc4c(n3)NCCC4)n2)cc(C(C)(C)C)c1.O=C(O)C(F)(F)F. The Morgan fingerprint density at radius 3 is 2.11 bits per heavy atom. The molecule has 45 heavy (non-hydrogen) atoms. The number of pyridine rings is 1. The fourth-order valence-electron chi connectivity index (χ4n) is 5.01. The third-order valence-corrected chi connectivity index (χ3v) is 8.61. The number of hydrogen-bond acceptors (Lipinski definition) is 6. The van der Waals surface area contributed by atoms with Crippen molar-refractivity contribution in [3.8, 4) is 0 Å². The first-order chi connectivity index (χ1) is 20.8. The van der Waals surface area contributed by atoms with Gasteiger partial charge in [0.1, 0.15) is 5.82 Å². The largest absolute Gasteiger partial charge is 0.490 e. The van der Waals surface area contributed by atoms with E-state index in [0.717, 1.165) is 60.0 Å². The fourth-order valence-corrected chi connectivity index (χ4v) is 5.86. The number of aliphatic carboxylic acids is 2. The number of aromatic nitrogens is 2. The van der Waals surface area contributed by atoms with Crippen LogP contribution in [-0.2, 0) is 46.1 Å². The predicted molar refractivity (Wildman–Crippen MR) is 171 cm³/mol. The molecule has 1 atom stereocenters. The zero-order valence-corrected chi connectivity index (χ0v) is 27.7. The molecule has 0 aliphatic carbocycles. The molecule has 0 amide bonds. The highest BCUT2D eigenvalue weighted by Gasteiger charge is 2.38. The molecule has 0 bridgehead atoms. The molecule has 3 N–H and O–H groups in total. The van der Waals surface area contributed by atoms with Gasteiger partial charge >= 0.3 is 18.1 Å². The first kappa shape index (κ1) is 36.0. The third kappa shape index (κ3) is 11.1. The Morgan fingerprint density at radius 1 is 0.933 bits per heavy atom. The topological polar surface area (TPSA) is 112 Å². The van der Waals surface area contributed by atoms with Crippen molar-refractivity contribution in [1.29, 1.82) is 0 Å². The van der Waals surface area contributed by atoms with Gasteiger partial charge in [0.25, 0.3) is 0 Å². The number of rotatable bonds is 9. The number of thiazole rings is 1. The lowest BCUT2D eigenvalue weighted by atomic mass is 9.77. The Morgan fingerprint density at radius 2 is 1.56 bits per heavy atom. The predicted octanol–water partition coefficient (Wildman–Crippen LogP) is 8.10. The lowest BCUT2D eigenvalue weighted by Crippen LogP contribution is -2.21. The molecule has 0 fully saturated rings. The first-order valence-corrected chi connectivity index (χ1v) is 16.0. The molecular formula is C34H44F3N3O4S. The average Bonchev–Trinajstić information content (AvgIpc) is 3.38. The minimum atomic E-state index is -5.08. The Balaban J connectivity index is 0.000000707. The highest BCUT2D eigenvalue weighted by Crippen LogP contribution is 2.35. The van der Waals surface area contributed by atoms with Crippen molar-refractivity contribution in [2.45, 2.75) is 109 Å². The van der Waals surface area contributed by atoms with E-state index in [9.17, 15) is 23.1 Å². The molecule has 7 nitrogen and oxygen atoms in total. The van der Waals surface area contributed by atoms with Crippen molar-refractivity contribution in [3.63, 3.8) is 0 Å². The number of anilines is 1. The maximum atomic E-state index is 11.9. The van der Waals surface area contributed by atoms with E-state index in [1.165, 1.54) is 23.1 Å². The average molecular weight is 648 g/mol. The number of alkyl halides is 3. The summed E-state index contributed by atoms with van der Waals surface area (Å²) in [6, 6.07) is 11.1. The van der Waals surface area contributed by atoms with E-state index in [1.54, 1.807) is 11.3 Å². The summed E-state index contributed by atoms with van der Waals surface area (Å²) >= 11 is 1.69. The van der Waals surface area contributed by atoms with Crippen LogP contribution in [0.3, 0.4) is 0 Å². The summed E-state index contributed by atoms with van der Waals surface area (Å²) in [4.78, 5) is 30.5. The van der Waals surface area contributed by atoms with Crippen LogP contribution in [0.5, 0.6) is 0 Å². The van der Waals surface area contributed by atoms with Crippen LogP contribution in [0.1, 0.15) is 105 Å². The van der Waals surface area contributed by atoms with E-state index in [1.807, 2.05) is 0 Å². The first-order valence-electron chi connectivity index (χ1n) is 15.2. The quantitative estimate of drug-likeness (QED) is 0.215. The van der Waals surface area contributed by atoms with Gasteiger partial charge in [0.2, 0.25) is 0 Å². The second-order valence-corrected chi connectivity index (χ2v) is 14.5. The molecule has 0 saturated carbocycles. The number of carboxylic acid groups (broad SMARTS) is 2. The molecule has 1 aromatic carbocycles. The third-order valence-electron chi connectivity index (χ3n) is 7.65. The van der Waals surface area contributed by atoms with Crippen molar-refractivity contribution in [2.24, 2.45) is 0 Å². The highest BCUT2D eigenvalue weighted by atomic mass is 32.1. The number of carbonyl (C=O) groups is 2. The molecule has 1 unspecified atom stereocenters. The van der Waals surface area contributed by atoms with E-state index >= 15 is 0 Å². The molecule has 0 saturated heterocycles. The number of hydrogen-bond donors (Lipinski definition) is 3. The Labute approximate surface area is 267 Å². The highest BCUT2D eigenvalue weighted by molar-refractivity contribution is 7.09. The Kier molecular flexibility index (Phi) is 11.8. The number of carboxylic acids is 2. The molecule has 1 aliphatic heterocycles. The molecule has 2 aromatic heterocycles. The van der Waals surface area contributed by atoms with Crippen LogP contribution in [0.15, 0.2) is 35.7 Å². The summed E-state index contributed by atoms with van der Waals surface area (Å²) in [6.07, 6.45) is 0.778. The molecule has 11 heteroatoms. The number of benzene rings is 1. The number of fused-ring (bicyclic) bond motifs is 1. The summed E-state index contributed by atoms with van der Waals surface area (Å²) in [7, 11) is 0. The van der Waals surface area contributed by atoms with Crippen LogP contribution in [0.25, 0.3) is 0 Å². The van der Waals surface area contributed by atoms with Gasteiger partial charge in [0.05, 0.1) is 17.1 Å². The number of halogens is 3. The second-order valence-electron chi connectivity index (χ2n) is 13.6. The van der Waals surface area contributed by atoms with E-state index in [-0.39, 0.29) is 23.2 Å². The van der Waals surface area contributed by atoms with Crippen LogP contribution >= 0.6 is 11.3 Å². The maximum absolute atomic E-state index is 11.9. The lowest BCUT2D eigenvalue weighted by molar-refractivity contribution is -0.192. The van der Waals surface area contributed by atoms with Gasteiger partial charge in [-0.1, -0.05) is 65.8 Å². The van der Waals surface area contributed by atoms with Crippen LogP contribution in [0.2, 0.25) is 0 Å². The molecule has 3 heterocycles. The Bertz CT molecular complexity index is 1440. The van der Waals surface area contributed by atoms with Crippen LogP contribution < -0.4 is 5.32 Å². The Hall–Kier alpha value is -3.47. The van der Waals surface area contributed by atoms with E-state index in [4.69, 9.17) is 19.9 Å². The molecule has 0 spiro atoms. The molecule has 0 radical (unpaired) electrons. The van der Waals surface area contributed by atoms with Gasteiger partial charge in [0, 0.05) is 17.6 Å². The number of aryl methyl sites for hydroxylation is 3. The van der Waals surface area contributed by atoms with Gasteiger partial charge in [-0.3, -0.25) is 4.79 Å². The van der Waals surface area contributed by atoms with Gasteiger partial charge in [-0.05, 0) is 83.6 Å². The van der Waals surface area contributed by atoms with Crippen LogP contribution in [0.4, 0.5) is 19.0 Å². The zero-order chi connectivity index (χ0) is 33.6. The van der Waals surface area contributed by atoms with E-state index in [2.05, 4.69) is 82.6 Å². The summed E-state index contributed by atoms with van der Waals surface area (Å²) < 4.78 is 31.7. The van der Waals surface area contributed by atoms with Gasteiger partial charge in [-0.25, -0.2) is 14.8 Å². The number of nitrogens with zero attached hydrogens (tertiary/aromatic N) is 2. The summed E-state index contributed by atoms with van der Waals surface area (Å²) in [6.45, 7) is 14.3. The van der Waals surface area contributed by atoms with Gasteiger partial charge in [-0.2, -0.15) is 13.2 Å². The smallest absolute Gasteiger partial charge is 0.481 e. The van der Waals surface area contributed by atoms with E-state index in [0.29, 0.717) is 6.42 Å². The normalized spacial score (nSPS) is 14.1. The summed E-state index contributed by atoms with van der Waals surface area (Å²) in [5.41, 5.74) is 7.02. The van der Waals surface area contributed by atoms with Gasteiger partial charge < -0.3 is 15.5 Å². The van der Waals surface area contributed by atoms with Crippen molar-refractivity contribution in [2.75, 3.05) is 11.9 Å². The van der Waals surface area contributed by atoms with Crippen molar-refractivity contribution in [3.05, 3.63) is 74.4 Å². The standard InChI is InChI=1S/C32H43N3O2S.C2HF3O2/c1-31(2,3)24-15-22(16-25(19-24)32(4,5)6)23(18-29(36)37)17-27-20-38-28(34-27)11-7-10-26-13-12-21-9-8-14-33-30(21)35-26;3-2(4,5)1(6)7/h12-13,15-16,19-20,23H,7-11,14,17-18H2,1-6H3,(H,33,35)(H,36,37);(H,6,7). The summed E-state index contributed by atoms with van der Waals surface area (Å²) in [5, 5.41) is 23.5. The molecule has 246 valence electrons. The van der Waals surface area contributed by atoms with Crippen LogP contribution in [-0.4, -0.2) is 44.8 Å². The molecule has 1 aliphatic rings. The molecular weight excluding hydrogens is 603 g/mol. The van der Waals surface area contributed by atoms with Crippen LogP contribution in [0, 0.1) is 0 Å². The minimum Gasteiger partial charge on any atom is -0.481 e. The van der Waals surface area contributed by atoms with Crippen molar-refractivity contribution in [1.82, 2.24) is 9.97 Å². The fraction of sp³-hybridized carbons (Fsp3) is 0.529. The molecule has 4 rings (SSSR count). The minimum absolute atomic E-state index is 0.0133. The van der Waals surface area contributed by atoms with Crippen molar-refractivity contribution >= 4 is 29.1 Å². The summed E-state index contributed by atoms with van der Waals surface area (Å²) in [5.74, 6) is -2.58.